The Morgan fingerprint density at radius 2 is 2.00 bits per heavy atom. The van der Waals surface area contributed by atoms with E-state index >= 15 is 0 Å². The zero-order valence-corrected chi connectivity index (χ0v) is 9.65. The van der Waals surface area contributed by atoms with Crippen molar-refractivity contribution >= 4 is 15.9 Å². The maximum Gasteiger partial charge on any atom is 0.126 e. The summed E-state index contributed by atoms with van der Waals surface area (Å²) in [7, 11) is 3.93. The minimum atomic E-state index is -0.139. The van der Waals surface area contributed by atoms with Crippen molar-refractivity contribution in [1.82, 2.24) is 4.90 Å². The van der Waals surface area contributed by atoms with E-state index in [1.807, 2.05) is 25.1 Å². The number of aryl methyl sites for hydroxylation is 1. The lowest BCUT2D eigenvalue weighted by atomic mass is 10.1. The molecule has 1 rings (SSSR count). The van der Waals surface area contributed by atoms with Crippen molar-refractivity contribution in [3.8, 4) is 0 Å². The van der Waals surface area contributed by atoms with E-state index < -0.39 is 0 Å². The number of nitrogens with zero attached hydrogens (tertiary/aromatic N) is 1. The number of hydrogen-bond donors (Lipinski definition) is 0. The smallest absolute Gasteiger partial charge is 0.126 e. The molecule has 0 N–H and O–H groups in total. The van der Waals surface area contributed by atoms with Crippen LogP contribution in [0.1, 0.15) is 11.1 Å². The molecule has 0 aliphatic rings. The maximum atomic E-state index is 13.2. The summed E-state index contributed by atoms with van der Waals surface area (Å²) in [5.41, 5.74) is 1.66. The van der Waals surface area contributed by atoms with Gasteiger partial charge in [0.25, 0.3) is 0 Å². The number of halogens is 2. The van der Waals surface area contributed by atoms with E-state index in [1.54, 1.807) is 13.0 Å². The van der Waals surface area contributed by atoms with Crippen LogP contribution in [0.5, 0.6) is 0 Å². The molecule has 13 heavy (non-hydrogen) atoms. The summed E-state index contributed by atoms with van der Waals surface area (Å²) >= 11 is 3.42. The van der Waals surface area contributed by atoms with Gasteiger partial charge in [0.05, 0.1) is 0 Å². The monoisotopic (exact) mass is 245 g/mol. The Hall–Kier alpha value is -0.410. The summed E-state index contributed by atoms with van der Waals surface area (Å²) in [6, 6.07) is 3.40. The molecule has 0 saturated heterocycles. The third-order valence-corrected chi connectivity index (χ3v) is 2.55. The lowest BCUT2D eigenvalue weighted by Crippen LogP contribution is -2.11. The van der Waals surface area contributed by atoms with Crippen molar-refractivity contribution in [3.63, 3.8) is 0 Å². The van der Waals surface area contributed by atoms with E-state index in [0.29, 0.717) is 5.56 Å². The summed E-state index contributed by atoms with van der Waals surface area (Å²) < 4.78 is 14.1. The van der Waals surface area contributed by atoms with E-state index in [9.17, 15) is 4.39 Å². The van der Waals surface area contributed by atoms with Gasteiger partial charge in [-0.2, -0.15) is 0 Å². The molecule has 0 aromatic heterocycles. The van der Waals surface area contributed by atoms with Crippen LogP contribution >= 0.6 is 15.9 Å². The molecule has 0 fully saturated rings. The molecule has 0 radical (unpaired) electrons. The van der Waals surface area contributed by atoms with Crippen LogP contribution in [0.2, 0.25) is 0 Å². The standard InChI is InChI=1S/C10H13BrFN/c1-7-4-9(11)8(5-10(7)12)6-13(2)3/h4-5H,6H2,1-3H3. The highest BCUT2D eigenvalue weighted by Gasteiger charge is 2.05. The predicted molar refractivity (Wildman–Crippen MR) is 56.2 cm³/mol. The second-order valence-corrected chi connectivity index (χ2v) is 4.28. The largest absolute Gasteiger partial charge is 0.305 e. The molecule has 0 unspecified atom stereocenters. The lowest BCUT2D eigenvalue weighted by Gasteiger charge is -2.12. The average molecular weight is 246 g/mol. The van der Waals surface area contributed by atoms with E-state index in [4.69, 9.17) is 0 Å². The summed E-state index contributed by atoms with van der Waals surface area (Å²) in [6.45, 7) is 2.51. The molecule has 0 heterocycles. The van der Waals surface area contributed by atoms with Gasteiger partial charge < -0.3 is 4.90 Å². The molecule has 0 atom stereocenters. The zero-order valence-electron chi connectivity index (χ0n) is 8.06. The fourth-order valence-electron chi connectivity index (χ4n) is 1.15. The van der Waals surface area contributed by atoms with Crippen LogP contribution in [0.4, 0.5) is 4.39 Å². The molecule has 0 amide bonds. The summed E-state index contributed by atoms with van der Waals surface area (Å²) in [5.74, 6) is -0.139. The van der Waals surface area contributed by atoms with Crippen LogP contribution in [-0.2, 0) is 6.54 Å². The SMILES string of the molecule is Cc1cc(Br)c(CN(C)C)cc1F. The highest BCUT2D eigenvalue weighted by Crippen LogP contribution is 2.21. The number of hydrogen-bond acceptors (Lipinski definition) is 1. The molecule has 0 saturated carbocycles. The summed E-state index contributed by atoms with van der Waals surface area (Å²) in [5, 5.41) is 0. The zero-order chi connectivity index (χ0) is 10.0. The van der Waals surface area contributed by atoms with Crippen molar-refractivity contribution in [1.29, 1.82) is 0 Å². The van der Waals surface area contributed by atoms with Crippen LogP contribution in [0.25, 0.3) is 0 Å². The molecule has 3 heteroatoms. The summed E-state index contributed by atoms with van der Waals surface area (Å²) in [4.78, 5) is 2.01. The van der Waals surface area contributed by atoms with Gasteiger partial charge in [-0.05, 0) is 44.3 Å². The van der Waals surface area contributed by atoms with Crippen molar-refractivity contribution < 1.29 is 4.39 Å². The van der Waals surface area contributed by atoms with Gasteiger partial charge in [0.2, 0.25) is 0 Å². The number of rotatable bonds is 2. The van der Waals surface area contributed by atoms with Gasteiger partial charge in [-0.1, -0.05) is 15.9 Å². The molecular formula is C10H13BrFN. The fraction of sp³-hybridized carbons (Fsp3) is 0.400. The number of benzene rings is 1. The molecule has 0 aliphatic heterocycles. The normalized spacial score (nSPS) is 10.9. The highest BCUT2D eigenvalue weighted by atomic mass is 79.9. The molecule has 1 nitrogen and oxygen atoms in total. The van der Waals surface area contributed by atoms with Gasteiger partial charge >= 0.3 is 0 Å². The van der Waals surface area contributed by atoms with Gasteiger partial charge in [0.1, 0.15) is 5.82 Å². The first-order chi connectivity index (χ1) is 6.00. The summed E-state index contributed by atoms with van der Waals surface area (Å²) in [6.07, 6.45) is 0. The Morgan fingerprint density at radius 1 is 1.38 bits per heavy atom. The Bertz CT molecular complexity index is 310. The van der Waals surface area contributed by atoms with Crippen LogP contribution in [-0.4, -0.2) is 19.0 Å². The van der Waals surface area contributed by atoms with Gasteiger partial charge in [-0.25, -0.2) is 4.39 Å². The van der Waals surface area contributed by atoms with E-state index in [0.717, 1.165) is 16.6 Å². The molecule has 0 aliphatic carbocycles. The van der Waals surface area contributed by atoms with Crippen LogP contribution in [0.15, 0.2) is 16.6 Å². The van der Waals surface area contributed by atoms with Crippen molar-refractivity contribution in [2.45, 2.75) is 13.5 Å². The van der Waals surface area contributed by atoms with Crippen LogP contribution in [0.3, 0.4) is 0 Å². The van der Waals surface area contributed by atoms with Gasteiger partial charge in [0.15, 0.2) is 0 Å². The predicted octanol–water partition coefficient (Wildman–Crippen LogP) is 2.96. The third kappa shape index (κ3) is 2.78. The topological polar surface area (TPSA) is 3.24 Å². The Morgan fingerprint density at radius 3 is 2.54 bits per heavy atom. The second-order valence-electron chi connectivity index (χ2n) is 3.43. The lowest BCUT2D eigenvalue weighted by molar-refractivity contribution is 0.400. The van der Waals surface area contributed by atoms with E-state index in [1.165, 1.54) is 0 Å². The molecule has 1 aromatic rings. The molecule has 0 spiro atoms. The molecular weight excluding hydrogens is 233 g/mol. The van der Waals surface area contributed by atoms with Crippen LogP contribution < -0.4 is 0 Å². The maximum absolute atomic E-state index is 13.2. The first-order valence-corrected chi connectivity index (χ1v) is 4.89. The van der Waals surface area contributed by atoms with E-state index in [-0.39, 0.29) is 5.82 Å². The Kier molecular flexibility index (Phi) is 3.45. The van der Waals surface area contributed by atoms with Crippen LogP contribution in [0, 0.1) is 12.7 Å². The van der Waals surface area contributed by atoms with Gasteiger partial charge in [-0.15, -0.1) is 0 Å². The minimum absolute atomic E-state index is 0.139. The molecule has 0 bridgehead atoms. The van der Waals surface area contributed by atoms with Crippen molar-refractivity contribution in [2.24, 2.45) is 0 Å². The van der Waals surface area contributed by atoms with Crippen molar-refractivity contribution in [2.75, 3.05) is 14.1 Å². The minimum Gasteiger partial charge on any atom is -0.305 e. The Labute approximate surface area is 86.7 Å². The molecule has 72 valence electrons. The van der Waals surface area contributed by atoms with Gasteiger partial charge in [0, 0.05) is 11.0 Å². The highest BCUT2D eigenvalue weighted by molar-refractivity contribution is 9.10. The average Bonchev–Trinajstić information content (AvgIpc) is 1.99. The van der Waals surface area contributed by atoms with Gasteiger partial charge in [-0.3, -0.25) is 0 Å². The fourth-order valence-corrected chi connectivity index (χ4v) is 1.73. The van der Waals surface area contributed by atoms with E-state index in [2.05, 4.69) is 15.9 Å². The molecule has 1 aromatic carbocycles. The van der Waals surface area contributed by atoms with Crippen molar-refractivity contribution in [3.05, 3.63) is 33.5 Å². The second kappa shape index (κ2) is 4.20. The Balaban J connectivity index is 3.01. The quantitative estimate of drug-likeness (QED) is 0.775. The third-order valence-electron chi connectivity index (χ3n) is 1.81. The first kappa shape index (κ1) is 10.7. The first-order valence-electron chi connectivity index (χ1n) is 4.10.